The monoisotopic (exact) mass is 273 g/mol. The second-order valence-corrected chi connectivity index (χ2v) is 5.11. The zero-order valence-electron chi connectivity index (χ0n) is 10.7. The minimum Gasteiger partial charge on any atom is -0.326 e. The van der Waals surface area contributed by atoms with Gasteiger partial charge in [0.25, 0.3) is 0 Å². The van der Waals surface area contributed by atoms with Crippen LogP contribution in [0.4, 0.5) is 5.69 Å². The van der Waals surface area contributed by atoms with E-state index in [1.807, 2.05) is 31.2 Å². The molecule has 0 aliphatic carbocycles. The molecule has 1 aromatic heterocycles. The molecular formula is C14H15N3OS. The Morgan fingerprint density at radius 3 is 2.58 bits per heavy atom. The highest BCUT2D eigenvalue weighted by atomic mass is 32.2. The van der Waals surface area contributed by atoms with Crippen LogP contribution in [-0.4, -0.2) is 21.6 Å². The van der Waals surface area contributed by atoms with Crippen LogP contribution in [0, 0.1) is 6.92 Å². The predicted octanol–water partition coefficient (Wildman–Crippen LogP) is 2.91. The van der Waals surface area contributed by atoms with E-state index in [2.05, 4.69) is 15.3 Å². The molecule has 4 nitrogen and oxygen atoms in total. The van der Waals surface area contributed by atoms with Crippen molar-refractivity contribution in [1.82, 2.24) is 9.97 Å². The number of carbonyl (C=O) groups is 1. The molecule has 1 heterocycles. The summed E-state index contributed by atoms with van der Waals surface area (Å²) in [6.45, 7) is 2.02. The van der Waals surface area contributed by atoms with E-state index >= 15 is 0 Å². The number of amides is 1. The Balaban J connectivity index is 1.74. The van der Waals surface area contributed by atoms with Gasteiger partial charge in [0.1, 0.15) is 0 Å². The molecule has 0 saturated heterocycles. The summed E-state index contributed by atoms with van der Waals surface area (Å²) in [5, 5.41) is 3.56. The number of hydrogen-bond donors (Lipinski definition) is 1. The van der Waals surface area contributed by atoms with E-state index in [0.717, 1.165) is 5.69 Å². The maximum atomic E-state index is 11.7. The van der Waals surface area contributed by atoms with Crippen molar-refractivity contribution in [3.8, 4) is 0 Å². The van der Waals surface area contributed by atoms with Gasteiger partial charge in [-0.2, -0.15) is 0 Å². The third-order valence-corrected chi connectivity index (χ3v) is 3.31. The van der Waals surface area contributed by atoms with Crippen molar-refractivity contribution < 1.29 is 4.79 Å². The quantitative estimate of drug-likeness (QED) is 0.672. The molecule has 0 saturated carbocycles. The average molecular weight is 273 g/mol. The number of aryl methyl sites for hydroxylation is 1. The first-order chi connectivity index (χ1) is 9.24. The van der Waals surface area contributed by atoms with Gasteiger partial charge in [-0.15, -0.1) is 0 Å². The fraction of sp³-hybridized carbons (Fsp3) is 0.214. The van der Waals surface area contributed by atoms with E-state index in [0.29, 0.717) is 17.3 Å². The fourth-order valence-electron chi connectivity index (χ4n) is 1.46. The smallest absolute Gasteiger partial charge is 0.225 e. The second-order valence-electron chi connectivity index (χ2n) is 4.04. The Labute approximate surface area is 116 Å². The van der Waals surface area contributed by atoms with Crippen LogP contribution < -0.4 is 5.32 Å². The first-order valence-electron chi connectivity index (χ1n) is 6.00. The molecule has 19 heavy (non-hydrogen) atoms. The molecule has 2 aromatic rings. The lowest BCUT2D eigenvalue weighted by Gasteiger charge is -2.05. The maximum Gasteiger partial charge on any atom is 0.225 e. The molecule has 0 aliphatic rings. The standard InChI is InChI=1S/C14H15N3OS/c1-11-3-5-12(6-4-11)17-13(18)7-10-19-14-15-8-2-9-16-14/h2-6,8-9H,7,10H2,1H3,(H,17,18). The van der Waals surface area contributed by atoms with Gasteiger partial charge in [-0.1, -0.05) is 29.5 Å². The lowest BCUT2D eigenvalue weighted by Crippen LogP contribution is -2.12. The third kappa shape index (κ3) is 4.71. The van der Waals surface area contributed by atoms with E-state index in [4.69, 9.17) is 0 Å². The van der Waals surface area contributed by atoms with Crippen molar-refractivity contribution in [2.75, 3.05) is 11.1 Å². The van der Waals surface area contributed by atoms with E-state index < -0.39 is 0 Å². The zero-order valence-corrected chi connectivity index (χ0v) is 11.5. The minimum atomic E-state index is 0.00674. The Morgan fingerprint density at radius 1 is 1.21 bits per heavy atom. The molecular weight excluding hydrogens is 258 g/mol. The minimum absolute atomic E-state index is 0.00674. The van der Waals surface area contributed by atoms with Gasteiger partial charge >= 0.3 is 0 Å². The lowest BCUT2D eigenvalue weighted by molar-refractivity contribution is -0.115. The molecule has 0 unspecified atom stereocenters. The normalized spacial score (nSPS) is 10.2. The Kier molecular flexibility index (Phi) is 4.92. The van der Waals surface area contributed by atoms with Crippen molar-refractivity contribution in [1.29, 1.82) is 0 Å². The molecule has 98 valence electrons. The number of nitrogens with zero attached hydrogens (tertiary/aromatic N) is 2. The highest BCUT2D eigenvalue weighted by Crippen LogP contribution is 2.13. The summed E-state index contributed by atoms with van der Waals surface area (Å²) in [4.78, 5) is 19.9. The van der Waals surface area contributed by atoms with Gasteiger partial charge in [0, 0.05) is 30.3 Å². The summed E-state index contributed by atoms with van der Waals surface area (Å²) >= 11 is 1.48. The van der Waals surface area contributed by atoms with Crippen molar-refractivity contribution in [3.05, 3.63) is 48.3 Å². The van der Waals surface area contributed by atoms with Crippen LogP contribution in [0.5, 0.6) is 0 Å². The molecule has 0 bridgehead atoms. The molecule has 1 aromatic carbocycles. The van der Waals surface area contributed by atoms with E-state index in [1.54, 1.807) is 18.5 Å². The summed E-state index contributed by atoms with van der Waals surface area (Å²) in [6, 6.07) is 9.53. The van der Waals surface area contributed by atoms with Crippen LogP contribution in [0.25, 0.3) is 0 Å². The average Bonchev–Trinajstić information content (AvgIpc) is 2.43. The highest BCUT2D eigenvalue weighted by Gasteiger charge is 2.03. The molecule has 0 atom stereocenters. The molecule has 0 spiro atoms. The molecule has 0 fully saturated rings. The molecule has 2 rings (SSSR count). The van der Waals surface area contributed by atoms with E-state index in [9.17, 15) is 4.79 Å². The van der Waals surface area contributed by atoms with Crippen molar-refractivity contribution in [2.45, 2.75) is 18.5 Å². The van der Waals surface area contributed by atoms with Gasteiger partial charge in [0.2, 0.25) is 5.91 Å². The summed E-state index contributed by atoms with van der Waals surface area (Å²) in [5.74, 6) is 0.675. The second kappa shape index (κ2) is 6.89. The summed E-state index contributed by atoms with van der Waals surface area (Å²) in [7, 11) is 0. The number of hydrogen-bond acceptors (Lipinski definition) is 4. The Morgan fingerprint density at radius 2 is 1.89 bits per heavy atom. The largest absolute Gasteiger partial charge is 0.326 e. The lowest BCUT2D eigenvalue weighted by atomic mass is 10.2. The summed E-state index contributed by atoms with van der Waals surface area (Å²) < 4.78 is 0. The van der Waals surface area contributed by atoms with Gasteiger partial charge in [-0.25, -0.2) is 9.97 Å². The molecule has 5 heteroatoms. The SMILES string of the molecule is Cc1ccc(NC(=O)CCSc2ncccn2)cc1. The Hall–Kier alpha value is -1.88. The molecule has 0 radical (unpaired) electrons. The molecule has 1 N–H and O–H groups in total. The van der Waals surface area contributed by atoms with Gasteiger partial charge in [0.05, 0.1) is 0 Å². The van der Waals surface area contributed by atoms with Gasteiger partial charge in [-0.05, 0) is 25.1 Å². The fourth-order valence-corrected chi connectivity index (χ4v) is 2.20. The molecule has 1 amide bonds. The van der Waals surface area contributed by atoms with E-state index in [1.165, 1.54) is 17.3 Å². The number of nitrogens with one attached hydrogen (secondary N) is 1. The number of rotatable bonds is 5. The Bertz CT molecular complexity index is 528. The zero-order chi connectivity index (χ0) is 13.5. The number of anilines is 1. The molecule has 0 aliphatic heterocycles. The van der Waals surface area contributed by atoms with Crippen LogP contribution >= 0.6 is 11.8 Å². The number of aromatic nitrogens is 2. The van der Waals surface area contributed by atoms with Gasteiger partial charge in [0.15, 0.2) is 5.16 Å². The summed E-state index contributed by atoms with van der Waals surface area (Å²) in [5.41, 5.74) is 2.01. The first kappa shape index (κ1) is 13.5. The van der Waals surface area contributed by atoms with Gasteiger partial charge < -0.3 is 5.32 Å². The highest BCUT2D eigenvalue weighted by molar-refractivity contribution is 7.99. The van der Waals surface area contributed by atoms with Gasteiger partial charge in [-0.3, -0.25) is 4.79 Å². The van der Waals surface area contributed by atoms with E-state index in [-0.39, 0.29) is 5.91 Å². The summed E-state index contributed by atoms with van der Waals surface area (Å²) in [6.07, 6.45) is 3.83. The van der Waals surface area contributed by atoms with Crippen molar-refractivity contribution >= 4 is 23.4 Å². The first-order valence-corrected chi connectivity index (χ1v) is 6.99. The number of benzene rings is 1. The maximum absolute atomic E-state index is 11.7. The van der Waals surface area contributed by atoms with Crippen LogP contribution in [0.3, 0.4) is 0 Å². The van der Waals surface area contributed by atoms with Crippen LogP contribution in [0.1, 0.15) is 12.0 Å². The number of carbonyl (C=O) groups excluding carboxylic acids is 1. The van der Waals surface area contributed by atoms with Crippen LogP contribution in [0.15, 0.2) is 47.9 Å². The topological polar surface area (TPSA) is 54.9 Å². The van der Waals surface area contributed by atoms with Crippen LogP contribution in [0.2, 0.25) is 0 Å². The van der Waals surface area contributed by atoms with Crippen LogP contribution in [-0.2, 0) is 4.79 Å². The third-order valence-electron chi connectivity index (χ3n) is 2.44. The number of thioether (sulfide) groups is 1. The predicted molar refractivity (Wildman–Crippen MR) is 77.2 cm³/mol. The van der Waals surface area contributed by atoms with Crippen molar-refractivity contribution in [2.24, 2.45) is 0 Å². The van der Waals surface area contributed by atoms with Crippen molar-refractivity contribution in [3.63, 3.8) is 0 Å².